The molecule has 2 aromatic heterocycles. The Morgan fingerprint density at radius 1 is 1.41 bits per heavy atom. The molecule has 92 valence electrons. The molecule has 0 bridgehead atoms. The predicted octanol–water partition coefficient (Wildman–Crippen LogP) is 0.572. The van der Waals surface area contributed by atoms with Gasteiger partial charge in [-0.3, -0.25) is 4.57 Å². The number of aromatic nitrogens is 6. The SMILES string of the molecule is CC(C)n1c(-c2cn[nH]n2)nnc1S(=O)(=O)Cl. The smallest absolute Gasteiger partial charge is 0.293 e. The molecule has 2 rings (SSSR count). The average molecular weight is 277 g/mol. The van der Waals surface area contributed by atoms with Crippen LogP contribution in [0.4, 0.5) is 0 Å². The molecule has 2 heterocycles. The first kappa shape index (κ1) is 12.0. The average Bonchev–Trinajstić information content (AvgIpc) is 2.84. The zero-order valence-corrected chi connectivity index (χ0v) is 10.6. The first-order valence-corrected chi connectivity index (χ1v) is 6.98. The van der Waals surface area contributed by atoms with E-state index >= 15 is 0 Å². The second kappa shape index (κ2) is 4.08. The van der Waals surface area contributed by atoms with Crippen LogP contribution < -0.4 is 0 Å². The topological polar surface area (TPSA) is 106 Å². The van der Waals surface area contributed by atoms with E-state index in [-0.39, 0.29) is 11.2 Å². The molecule has 0 aromatic carbocycles. The molecule has 0 saturated carbocycles. The highest BCUT2D eigenvalue weighted by atomic mass is 35.7. The van der Waals surface area contributed by atoms with Crippen LogP contribution in [-0.2, 0) is 9.05 Å². The fraction of sp³-hybridized carbons (Fsp3) is 0.429. The van der Waals surface area contributed by atoms with Gasteiger partial charge in [0, 0.05) is 16.7 Å². The standard InChI is InChI=1S/C7H9ClN6O2S/c1-4(2)14-6(5-3-9-13-10-5)11-12-7(14)17(8,15)16/h3-4H,1-2H3,(H,9,10,13). The Morgan fingerprint density at radius 3 is 2.59 bits per heavy atom. The molecule has 0 spiro atoms. The third kappa shape index (κ3) is 2.15. The minimum Gasteiger partial charge on any atom is -0.293 e. The first-order valence-electron chi connectivity index (χ1n) is 4.67. The van der Waals surface area contributed by atoms with Gasteiger partial charge in [-0.1, -0.05) is 0 Å². The van der Waals surface area contributed by atoms with Crippen LogP contribution in [0.25, 0.3) is 11.5 Å². The van der Waals surface area contributed by atoms with Gasteiger partial charge < -0.3 is 0 Å². The van der Waals surface area contributed by atoms with E-state index in [9.17, 15) is 8.42 Å². The summed E-state index contributed by atoms with van der Waals surface area (Å²) in [4.78, 5) is 0. The van der Waals surface area contributed by atoms with E-state index in [1.165, 1.54) is 10.8 Å². The zero-order valence-electron chi connectivity index (χ0n) is 8.99. The quantitative estimate of drug-likeness (QED) is 0.822. The van der Waals surface area contributed by atoms with E-state index in [4.69, 9.17) is 10.7 Å². The van der Waals surface area contributed by atoms with Gasteiger partial charge in [-0.05, 0) is 13.8 Å². The van der Waals surface area contributed by atoms with Crippen LogP contribution >= 0.6 is 10.7 Å². The summed E-state index contributed by atoms with van der Waals surface area (Å²) in [6.45, 7) is 3.58. The zero-order chi connectivity index (χ0) is 12.6. The van der Waals surface area contributed by atoms with Gasteiger partial charge in [0.25, 0.3) is 14.2 Å². The maximum atomic E-state index is 11.3. The van der Waals surface area contributed by atoms with Crippen LogP contribution in [0.3, 0.4) is 0 Å². The Labute approximate surface area is 101 Å². The highest BCUT2D eigenvalue weighted by Gasteiger charge is 2.25. The second-order valence-electron chi connectivity index (χ2n) is 3.56. The molecule has 10 heteroatoms. The number of rotatable bonds is 3. The van der Waals surface area contributed by atoms with Crippen molar-refractivity contribution in [2.24, 2.45) is 0 Å². The Bertz CT molecular complexity index is 617. The number of hydrogen-bond acceptors (Lipinski definition) is 6. The number of hydrogen-bond donors (Lipinski definition) is 1. The monoisotopic (exact) mass is 276 g/mol. The lowest BCUT2D eigenvalue weighted by Gasteiger charge is -2.10. The normalized spacial score (nSPS) is 12.2. The molecule has 1 N–H and O–H groups in total. The van der Waals surface area contributed by atoms with Crippen molar-refractivity contribution in [3.8, 4) is 11.5 Å². The Morgan fingerprint density at radius 2 is 2.12 bits per heavy atom. The molecule has 17 heavy (non-hydrogen) atoms. The minimum absolute atomic E-state index is 0.180. The van der Waals surface area contributed by atoms with Gasteiger partial charge in [-0.15, -0.1) is 10.2 Å². The molecular weight excluding hydrogens is 268 g/mol. The van der Waals surface area contributed by atoms with Crippen molar-refractivity contribution in [2.75, 3.05) is 0 Å². The summed E-state index contributed by atoms with van der Waals surface area (Å²) in [5, 5.41) is 16.9. The van der Waals surface area contributed by atoms with Gasteiger partial charge in [-0.2, -0.15) is 15.4 Å². The van der Waals surface area contributed by atoms with Crippen molar-refractivity contribution in [1.29, 1.82) is 0 Å². The van der Waals surface area contributed by atoms with Crippen molar-refractivity contribution in [1.82, 2.24) is 30.2 Å². The van der Waals surface area contributed by atoms with Crippen LogP contribution in [0, 0.1) is 0 Å². The van der Waals surface area contributed by atoms with Crippen molar-refractivity contribution in [2.45, 2.75) is 25.0 Å². The maximum absolute atomic E-state index is 11.3. The lowest BCUT2D eigenvalue weighted by atomic mass is 10.3. The lowest BCUT2D eigenvalue weighted by molar-refractivity contribution is 0.530. The van der Waals surface area contributed by atoms with Crippen LogP contribution in [0.5, 0.6) is 0 Å². The van der Waals surface area contributed by atoms with E-state index in [1.54, 1.807) is 13.8 Å². The Hall–Kier alpha value is -1.48. The highest BCUT2D eigenvalue weighted by molar-refractivity contribution is 8.13. The van der Waals surface area contributed by atoms with Crippen LogP contribution in [0.2, 0.25) is 0 Å². The molecule has 0 atom stereocenters. The van der Waals surface area contributed by atoms with E-state index in [0.29, 0.717) is 11.5 Å². The number of nitrogens with one attached hydrogen (secondary N) is 1. The minimum atomic E-state index is -3.95. The fourth-order valence-electron chi connectivity index (χ4n) is 1.39. The lowest BCUT2D eigenvalue weighted by Crippen LogP contribution is -2.10. The van der Waals surface area contributed by atoms with Crippen LogP contribution in [0.15, 0.2) is 11.4 Å². The number of aromatic amines is 1. The van der Waals surface area contributed by atoms with Gasteiger partial charge in [-0.25, -0.2) is 8.42 Å². The van der Waals surface area contributed by atoms with Gasteiger partial charge in [0.1, 0.15) is 5.69 Å². The molecule has 0 saturated heterocycles. The molecule has 2 aromatic rings. The Kier molecular flexibility index (Phi) is 2.87. The molecule has 0 unspecified atom stereocenters. The number of halogens is 1. The van der Waals surface area contributed by atoms with Gasteiger partial charge >= 0.3 is 0 Å². The van der Waals surface area contributed by atoms with Gasteiger partial charge in [0.2, 0.25) is 0 Å². The van der Waals surface area contributed by atoms with E-state index in [1.807, 2.05) is 0 Å². The molecule has 8 nitrogen and oxygen atoms in total. The van der Waals surface area contributed by atoms with Gasteiger partial charge in [0.15, 0.2) is 5.82 Å². The van der Waals surface area contributed by atoms with E-state index < -0.39 is 9.05 Å². The molecule has 0 fully saturated rings. The highest BCUT2D eigenvalue weighted by Crippen LogP contribution is 2.24. The van der Waals surface area contributed by atoms with E-state index in [0.717, 1.165) is 0 Å². The molecule has 0 aliphatic heterocycles. The summed E-state index contributed by atoms with van der Waals surface area (Å²) in [5.74, 6) is 0.299. The van der Waals surface area contributed by atoms with Gasteiger partial charge in [0.05, 0.1) is 6.20 Å². The van der Waals surface area contributed by atoms with Crippen molar-refractivity contribution < 1.29 is 8.42 Å². The summed E-state index contributed by atoms with van der Waals surface area (Å²) in [6.07, 6.45) is 1.42. The summed E-state index contributed by atoms with van der Waals surface area (Å²) < 4.78 is 24.1. The predicted molar refractivity (Wildman–Crippen MR) is 58.8 cm³/mol. The van der Waals surface area contributed by atoms with Crippen molar-refractivity contribution in [3.63, 3.8) is 0 Å². The van der Waals surface area contributed by atoms with Crippen molar-refractivity contribution >= 4 is 19.7 Å². The third-order valence-electron chi connectivity index (χ3n) is 2.04. The molecular formula is C7H9ClN6O2S. The number of H-pyrrole nitrogens is 1. The first-order chi connectivity index (χ1) is 7.91. The van der Waals surface area contributed by atoms with Crippen molar-refractivity contribution in [3.05, 3.63) is 6.20 Å². The summed E-state index contributed by atoms with van der Waals surface area (Å²) in [5.41, 5.74) is 0.401. The summed E-state index contributed by atoms with van der Waals surface area (Å²) in [7, 11) is 1.34. The molecule has 0 aliphatic carbocycles. The molecule has 0 amide bonds. The summed E-state index contributed by atoms with van der Waals surface area (Å²) >= 11 is 0. The second-order valence-corrected chi connectivity index (χ2v) is 6.02. The van der Waals surface area contributed by atoms with Crippen LogP contribution in [0.1, 0.15) is 19.9 Å². The van der Waals surface area contributed by atoms with E-state index in [2.05, 4.69) is 25.6 Å². The third-order valence-corrected chi connectivity index (χ3v) is 3.17. The molecule has 0 radical (unpaired) electrons. The number of nitrogens with zero attached hydrogens (tertiary/aromatic N) is 5. The fourth-order valence-corrected chi connectivity index (χ4v) is 2.38. The largest absolute Gasteiger partial charge is 0.296 e. The summed E-state index contributed by atoms with van der Waals surface area (Å²) in [6, 6.07) is -0.180. The molecule has 0 aliphatic rings. The Balaban J connectivity index is 2.68. The van der Waals surface area contributed by atoms with Crippen LogP contribution in [-0.4, -0.2) is 38.6 Å². The maximum Gasteiger partial charge on any atom is 0.296 e.